The van der Waals surface area contributed by atoms with E-state index in [0.29, 0.717) is 24.5 Å². The van der Waals surface area contributed by atoms with Gasteiger partial charge in [0.1, 0.15) is 5.78 Å². The predicted molar refractivity (Wildman–Crippen MR) is 81.5 cm³/mol. The molecule has 2 heteroatoms. The van der Waals surface area contributed by atoms with E-state index in [-0.39, 0.29) is 16.6 Å². The summed E-state index contributed by atoms with van der Waals surface area (Å²) in [6.45, 7) is 10.6. The first-order valence-corrected chi connectivity index (χ1v) is 7.91. The number of rotatable bonds is 3. The Hall–Kier alpha value is -0.920. The molecule has 0 bridgehead atoms. The number of ketones is 2. The van der Waals surface area contributed by atoms with Crippen LogP contribution in [0.4, 0.5) is 0 Å². The molecule has 0 aliphatic heterocycles. The number of hydrogen-bond donors (Lipinski definition) is 0. The average molecular weight is 276 g/mol. The van der Waals surface area contributed by atoms with Gasteiger partial charge in [0.25, 0.3) is 0 Å². The third-order valence-electron chi connectivity index (χ3n) is 5.91. The van der Waals surface area contributed by atoms with Crippen molar-refractivity contribution in [2.45, 2.75) is 73.1 Å². The molecule has 2 nitrogen and oxygen atoms in total. The third-order valence-corrected chi connectivity index (χ3v) is 5.91. The van der Waals surface area contributed by atoms with E-state index in [9.17, 15) is 9.59 Å². The lowest BCUT2D eigenvalue weighted by molar-refractivity contribution is -0.122. The molecule has 0 aromatic heterocycles. The predicted octanol–water partition coefficient (Wildman–Crippen LogP) is 4.48. The van der Waals surface area contributed by atoms with Crippen molar-refractivity contribution in [1.29, 1.82) is 0 Å². The molecule has 0 aromatic rings. The van der Waals surface area contributed by atoms with Crippen molar-refractivity contribution >= 4 is 11.6 Å². The Kier molecular flexibility index (Phi) is 3.96. The molecule has 0 spiro atoms. The smallest absolute Gasteiger partial charge is 0.158 e. The van der Waals surface area contributed by atoms with Crippen LogP contribution in [0.3, 0.4) is 0 Å². The molecular weight excluding hydrogens is 248 g/mol. The molecule has 2 unspecified atom stereocenters. The van der Waals surface area contributed by atoms with Crippen molar-refractivity contribution in [3.63, 3.8) is 0 Å². The topological polar surface area (TPSA) is 34.1 Å². The zero-order chi connectivity index (χ0) is 15.1. The first kappa shape index (κ1) is 15.5. The molecule has 1 fully saturated rings. The Bertz CT molecular complexity index is 470. The van der Waals surface area contributed by atoms with Gasteiger partial charge in [-0.25, -0.2) is 0 Å². The number of Topliss-reactive ketones (excluding diaryl/α,β-unsaturated/α-hetero) is 2. The quantitative estimate of drug-likeness (QED) is 0.761. The molecule has 2 rings (SSSR count). The lowest BCUT2D eigenvalue weighted by Crippen LogP contribution is -2.47. The second-order valence-electron chi connectivity index (χ2n) is 7.75. The van der Waals surface area contributed by atoms with Gasteiger partial charge in [-0.3, -0.25) is 4.79 Å². The normalized spacial score (nSPS) is 33.0. The molecule has 0 radical (unpaired) electrons. The van der Waals surface area contributed by atoms with Crippen LogP contribution in [0.5, 0.6) is 0 Å². The van der Waals surface area contributed by atoms with E-state index in [1.54, 1.807) is 6.92 Å². The van der Waals surface area contributed by atoms with Crippen LogP contribution >= 0.6 is 0 Å². The molecule has 0 heterocycles. The van der Waals surface area contributed by atoms with Crippen molar-refractivity contribution in [1.82, 2.24) is 0 Å². The van der Waals surface area contributed by atoms with E-state index < -0.39 is 0 Å². The Morgan fingerprint density at radius 2 is 1.90 bits per heavy atom. The molecule has 0 saturated heterocycles. The number of carbonyl (C=O) groups excluding carboxylic acids is 2. The van der Waals surface area contributed by atoms with E-state index in [4.69, 9.17) is 0 Å². The summed E-state index contributed by atoms with van der Waals surface area (Å²) in [6.07, 6.45) is 5.64. The maximum Gasteiger partial charge on any atom is 0.158 e. The average Bonchev–Trinajstić information content (AvgIpc) is 2.31. The molecule has 20 heavy (non-hydrogen) atoms. The zero-order valence-corrected chi connectivity index (χ0v) is 13.6. The Morgan fingerprint density at radius 1 is 1.25 bits per heavy atom. The highest BCUT2D eigenvalue weighted by molar-refractivity contribution is 5.97. The van der Waals surface area contributed by atoms with Gasteiger partial charge in [0.15, 0.2) is 5.78 Å². The van der Waals surface area contributed by atoms with Gasteiger partial charge in [-0.2, -0.15) is 0 Å². The van der Waals surface area contributed by atoms with Crippen molar-refractivity contribution < 1.29 is 9.59 Å². The van der Waals surface area contributed by atoms with E-state index in [1.807, 2.05) is 6.92 Å². The molecule has 0 amide bonds. The summed E-state index contributed by atoms with van der Waals surface area (Å²) in [5.41, 5.74) is 2.57. The Balaban J connectivity index is 2.42. The monoisotopic (exact) mass is 276 g/mol. The highest BCUT2D eigenvalue weighted by Crippen LogP contribution is 2.59. The maximum atomic E-state index is 12.4. The van der Waals surface area contributed by atoms with Gasteiger partial charge in [0.05, 0.1) is 0 Å². The number of carbonyl (C=O) groups is 2. The number of fused-ring (bicyclic) bond motifs is 1. The highest BCUT2D eigenvalue weighted by atomic mass is 16.1. The van der Waals surface area contributed by atoms with Crippen LogP contribution in [0.1, 0.15) is 73.1 Å². The summed E-state index contributed by atoms with van der Waals surface area (Å²) >= 11 is 0. The lowest BCUT2D eigenvalue weighted by Gasteiger charge is -2.54. The summed E-state index contributed by atoms with van der Waals surface area (Å²) in [7, 11) is 0. The summed E-state index contributed by atoms with van der Waals surface area (Å²) in [4.78, 5) is 23.8. The molecule has 2 atom stereocenters. The van der Waals surface area contributed by atoms with E-state index in [0.717, 1.165) is 12.0 Å². The fourth-order valence-corrected chi connectivity index (χ4v) is 4.69. The molecule has 0 N–H and O–H groups in total. The fraction of sp³-hybridized carbons (Fsp3) is 0.778. The van der Waals surface area contributed by atoms with Crippen LogP contribution in [0, 0.1) is 16.7 Å². The largest absolute Gasteiger partial charge is 0.300 e. The van der Waals surface area contributed by atoms with Crippen molar-refractivity contribution in [2.75, 3.05) is 0 Å². The minimum atomic E-state index is 0.120. The van der Waals surface area contributed by atoms with Crippen LogP contribution in [-0.2, 0) is 9.59 Å². The van der Waals surface area contributed by atoms with E-state index >= 15 is 0 Å². The SMILES string of the molecule is CC(=O)CCC1=C(C)C(=O)CC2C(C)(C)CCCC12C. The maximum absolute atomic E-state index is 12.4. The Labute approximate surface area is 123 Å². The lowest BCUT2D eigenvalue weighted by atomic mass is 9.49. The summed E-state index contributed by atoms with van der Waals surface area (Å²) in [5, 5.41) is 0. The van der Waals surface area contributed by atoms with Gasteiger partial charge in [0.2, 0.25) is 0 Å². The Morgan fingerprint density at radius 3 is 2.50 bits per heavy atom. The first-order valence-electron chi connectivity index (χ1n) is 7.91. The van der Waals surface area contributed by atoms with Gasteiger partial charge < -0.3 is 4.79 Å². The fourth-order valence-electron chi connectivity index (χ4n) is 4.69. The van der Waals surface area contributed by atoms with Gasteiger partial charge in [0, 0.05) is 12.8 Å². The molecule has 2 aliphatic rings. The first-order chi connectivity index (χ1) is 9.18. The van der Waals surface area contributed by atoms with E-state index in [2.05, 4.69) is 20.8 Å². The molecular formula is C18H28O2. The molecule has 2 aliphatic carbocycles. The number of hydrogen-bond acceptors (Lipinski definition) is 2. The second kappa shape index (κ2) is 5.13. The van der Waals surface area contributed by atoms with Crippen molar-refractivity contribution in [3.05, 3.63) is 11.1 Å². The van der Waals surface area contributed by atoms with Gasteiger partial charge in [-0.15, -0.1) is 0 Å². The number of allylic oxidation sites excluding steroid dienone is 2. The van der Waals surface area contributed by atoms with Crippen LogP contribution in [-0.4, -0.2) is 11.6 Å². The van der Waals surface area contributed by atoms with E-state index in [1.165, 1.54) is 24.8 Å². The molecule has 112 valence electrons. The van der Waals surface area contributed by atoms with Crippen LogP contribution in [0.25, 0.3) is 0 Å². The highest BCUT2D eigenvalue weighted by Gasteiger charge is 2.51. The van der Waals surface area contributed by atoms with Gasteiger partial charge >= 0.3 is 0 Å². The minimum Gasteiger partial charge on any atom is -0.300 e. The van der Waals surface area contributed by atoms with Crippen molar-refractivity contribution in [2.24, 2.45) is 16.7 Å². The van der Waals surface area contributed by atoms with Gasteiger partial charge in [-0.05, 0) is 55.4 Å². The van der Waals surface area contributed by atoms with Gasteiger partial charge in [-0.1, -0.05) is 32.8 Å². The van der Waals surface area contributed by atoms with Crippen LogP contribution < -0.4 is 0 Å². The summed E-state index contributed by atoms with van der Waals surface area (Å²) < 4.78 is 0. The van der Waals surface area contributed by atoms with Crippen LogP contribution in [0.15, 0.2) is 11.1 Å². The van der Waals surface area contributed by atoms with Crippen molar-refractivity contribution in [3.8, 4) is 0 Å². The third kappa shape index (κ3) is 2.49. The summed E-state index contributed by atoms with van der Waals surface area (Å²) in [6, 6.07) is 0. The van der Waals surface area contributed by atoms with Crippen LogP contribution in [0.2, 0.25) is 0 Å². The molecule has 1 saturated carbocycles. The molecule has 0 aromatic carbocycles. The summed E-state index contributed by atoms with van der Waals surface area (Å²) in [5.74, 6) is 0.960. The zero-order valence-electron chi connectivity index (χ0n) is 13.6. The standard InChI is InChI=1S/C18H28O2/c1-12(19)7-8-14-13(2)15(20)11-16-17(3,4)9-6-10-18(14,16)5/h16H,6-11H2,1-5H3. The minimum absolute atomic E-state index is 0.120. The second-order valence-corrected chi connectivity index (χ2v) is 7.75.